The highest BCUT2D eigenvalue weighted by atomic mass is 16.5. The summed E-state index contributed by atoms with van der Waals surface area (Å²) in [6.07, 6.45) is 0. The number of amides is 2. The van der Waals surface area contributed by atoms with Gasteiger partial charge in [0.15, 0.2) is 18.1 Å². The molecule has 1 heterocycles. The average molecular weight is 370 g/mol. The van der Waals surface area contributed by atoms with Crippen LogP contribution in [0.25, 0.3) is 0 Å². The van der Waals surface area contributed by atoms with Crippen LogP contribution in [0.2, 0.25) is 0 Å². The van der Waals surface area contributed by atoms with Gasteiger partial charge < -0.3 is 19.5 Å². The van der Waals surface area contributed by atoms with Gasteiger partial charge in [0.2, 0.25) is 5.91 Å². The molecule has 0 atom stereocenters. The lowest BCUT2D eigenvalue weighted by molar-refractivity contribution is -0.125. The van der Waals surface area contributed by atoms with E-state index in [0.717, 1.165) is 11.1 Å². The Labute approximate surface area is 157 Å². The molecule has 1 aliphatic heterocycles. The summed E-state index contributed by atoms with van der Waals surface area (Å²) in [4.78, 5) is 26.0. The SMILES string of the molecule is COc1ccc(CNC(=O)CN2C(=O)COc3cc(C)ccc32)cc1OC. The standard InChI is InChI=1S/C20H22N2O5/c1-13-4-6-15-17(8-13)27-12-20(24)22(15)11-19(23)21-10-14-5-7-16(25-2)18(9-14)26-3/h4-9H,10-12H2,1-3H3,(H,21,23). The van der Waals surface area contributed by atoms with Gasteiger partial charge in [-0.25, -0.2) is 0 Å². The van der Waals surface area contributed by atoms with Crippen molar-refractivity contribution in [2.45, 2.75) is 13.5 Å². The van der Waals surface area contributed by atoms with Crippen molar-refractivity contribution in [2.75, 3.05) is 32.3 Å². The van der Waals surface area contributed by atoms with E-state index in [2.05, 4.69) is 5.32 Å². The minimum Gasteiger partial charge on any atom is -0.493 e. The molecule has 0 aromatic heterocycles. The van der Waals surface area contributed by atoms with Crippen molar-refractivity contribution < 1.29 is 23.8 Å². The Hall–Kier alpha value is -3.22. The molecule has 1 aliphatic rings. The Morgan fingerprint density at radius 3 is 2.67 bits per heavy atom. The zero-order valence-electron chi connectivity index (χ0n) is 15.6. The maximum absolute atomic E-state index is 12.4. The lowest BCUT2D eigenvalue weighted by Gasteiger charge is -2.29. The molecule has 0 unspecified atom stereocenters. The second-order valence-corrected chi connectivity index (χ2v) is 6.21. The largest absolute Gasteiger partial charge is 0.493 e. The summed E-state index contributed by atoms with van der Waals surface area (Å²) in [5.41, 5.74) is 2.50. The monoisotopic (exact) mass is 370 g/mol. The van der Waals surface area contributed by atoms with E-state index in [-0.39, 0.29) is 25.0 Å². The van der Waals surface area contributed by atoms with E-state index in [9.17, 15) is 9.59 Å². The predicted octanol–water partition coefficient (Wildman–Crippen LogP) is 2.05. The van der Waals surface area contributed by atoms with Crippen LogP contribution in [0.3, 0.4) is 0 Å². The fraction of sp³-hybridized carbons (Fsp3) is 0.300. The van der Waals surface area contributed by atoms with Gasteiger partial charge in [-0.2, -0.15) is 0 Å². The van der Waals surface area contributed by atoms with Gasteiger partial charge in [-0.3, -0.25) is 14.5 Å². The molecular weight excluding hydrogens is 348 g/mol. The maximum Gasteiger partial charge on any atom is 0.265 e. The maximum atomic E-state index is 12.4. The number of methoxy groups -OCH3 is 2. The Morgan fingerprint density at radius 1 is 1.15 bits per heavy atom. The highest BCUT2D eigenvalue weighted by molar-refractivity contribution is 6.02. The number of rotatable bonds is 6. The first-order valence-corrected chi connectivity index (χ1v) is 8.53. The molecule has 0 spiro atoms. The van der Waals surface area contributed by atoms with E-state index in [1.54, 1.807) is 32.4 Å². The van der Waals surface area contributed by atoms with Gasteiger partial charge >= 0.3 is 0 Å². The van der Waals surface area contributed by atoms with Crippen molar-refractivity contribution in [3.05, 3.63) is 47.5 Å². The van der Waals surface area contributed by atoms with Gasteiger partial charge in [0.25, 0.3) is 5.91 Å². The van der Waals surface area contributed by atoms with Crippen molar-refractivity contribution in [3.63, 3.8) is 0 Å². The lowest BCUT2D eigenvalue weighted by Crippen LogP contribution is -2.45. The van der Waals surface area contributed by atoms with Crippen LogP contribution in [0, 0.1) is 6.92 Å². The fourth-order valence-corrected chi connectivity index (χ4v) is 2.88. The molecule has 2 amide bonds. The first-order chi connectivity index (χ1) is 13.0. The third-order valence-corrected chi connectivity index (χ3v) is 4.30. The van der Waals surface area contributed by atoms with Crippen molar-refractivity contribution in [2.24, 2.45) is 0 Å². The van der Waals surface area contributed by atoms with Crippen molar-refractivity contribution >= 4 is 17.5 Å². The topological polar surface area (TPSA) is 77.1 Å². The minimum absolute atomic E-state index is 0.0639. The van der Waals surface area contributed by atoms with E-state index in [1.165, 1.54) is 4.90 Å². The number of nitrogens with one attached hydrogen (secondary N) is 1. The molecule has 7 heteroatoms. The van der Waals surface area contributed by atoms with Gasteiger partial charge in [0.1, 0.15) is 12.3 Å². The molecule has 2 aromatic carbocycles. The number of anilines is 1. The molecule has 0 fully saturated rings. The summed E-state index contributed by atoms with van der Waals surface area (Å²) in [6, 6.07) is 11.0. The van der Waals surface area contributed by atoms with Gasteiger partial charge in [-0.15, -0.1) is 0 Å². The number of fused-ring (bicyclic) bond motifs is 1. The van der Waals surface area contributed by atoms with Crippen LogP contribution < -0.4 is 24.4 Å². The number of hydrogen-bond acceptors (Lipinski definition) is 5. The average Bonchev–Trinajstić information content (AvgIpc) is 2.68. The predicted molar refractivity (Wildman–Crippen MR) is 100 cm³/mol. The molecule has 3 rings (SSSR count). The Morgan fingerprint density at radius 2 is 1.93 bits per heavy atom. The van der Waals surface area contributed by atoms with E-state index in [0.29, 0.717) is 29.5 Å². The smallest absolute Gasteiger partial charge is 0.265 e. The van der Waals surface area contributed by atoms with Crippen LogP contribution >= 0.6 is 0 Å². The van der Waals surface area contributed by atoms with Crippen LogP contribution in [0.15, 0.2) is 36.4 Å². The molecule has 2 aromatic rings. The molecule has 7 nitrogen and oxygen atoms in total. The van der Waals surface area contributed by atoms with Gasteiger partial charge in [0.05, 0.1) is 19.9 Å². The van der Waals surface area contributed by atoms with Crippen LogP contribution in [-0.4, -0.2) is 39.2 Å². The number of aryl methyl sites for hydroxylation is 1. The van der Waals surface area contributed by atoms with E-state index < -0.39 is 0 Å². The molecule has 27 heavy (non-hydrogen) atoms. The van der Waals surface area contributed by atoms with Crippen LogP contribution in [0.1, 0.15) is 11.1 Å². The van der Waals surface area contributed by atoms with Crippen molar-refractivity contribution in [1.82, 2.24) is 5.32 Å². The van der Waals surface area contributed by atoms with Crippen LogP contribution in [0.4, 0.5) is 5.69 Å². The molecule has 142 valence electrons. The van der Waals surface area contributed by atoms with Crippen LogP contribution in [0.5, 0.6) is 17.2 Å². The van der Waals surface area contributed by atoms with Gasteiger partial charge in [0, 0.05) is 6.54 Å². The van der Waals surface area contributed by atoms with E-state index in [4.69, 9.17) is 14.2 Å². The first kappa shape index (κ1) is 18.6. The molecule has 0 radical (unpaired) electrons. The van der Waals surface area contributed by atoms with Crippen LogP contribution in [-0.2, 0) is 16.1 Å². The molecule has 0 saturated carbocycles. The number of nitrogens with zero attached hydrogens (tertiary/aromatic N) is 1. The number of carbonyl (C=O) groups excluding carboxylic acids is 2. The number of benzene rings is 2. The third-order valence-electron chi connectivity index (χ3n) is 4.30. The first-order valence-electron chi connectivity index (χ1n) is 8.53. The molecule has 0 aliphatic carbocycles. The summed E-state index contributed by atoms with van der Waals surface area (Å²) in [5, 5.41) is 2.83. The summed E-state index contributed by atoms with van der Waals surface area (Å²) < 4.78 is 15.9. The lowest BCUT2D eigenvalue weighted by atomic mass is 10.1. The summed E-state index contributed by atoms with van der Waals surface area (Å²) in [5.74, 6) is 1.33. The minimum atomic E-state index is -0.258. The second kappa shape index (κ2) is 7.99. The van der Waals surface area contributed by atoms with Crippen molar-refractivity contribution in [1.29, 1.82) is 0 Å². The normalized spacial score (nSPS) is 12.9. The second-order valence-electron chi connectivity index (χ2n) is 6.21. The number of ether oxygens (including phenoxy) is 3. The van der Waals surface area contributed by atoms with E-state index >= 15 is 0 Å². The summed E-state index contributed by atoms with van der Waals surface area (Å²) in [7, 11) is 3.13. The molecule has 0 bridgehead atoms. The fourth-order valence-electron chi connectivity index (χ4n) is 2.88. The highest BCUT2D eigenvalue weighted by Crippen LogP contribution is 2.32. The number of carbonyl (C=O) groups is 2. The third kappa shape index (κ3) is 4.13. The zero-order chi connectivity index (χ0) is 19.4. The molecular formula is C20H22N2O5. The highest BCUT2D eigenvalue weighted by Gasteiger charge is 2.27. The summed E-state index contributed by atoms with van der Waals surface area (Å²) in [6.45, 7) is 2.13. The number of hydrogen-bond donors (Lipinski definition) is 1. The van der Waals surface area contributed by atoms with Gasteiger partial charge in [-0.05, 0) is 42.3 Å². The Balaban J connectivity index is 1.65. The zero-order valence-corrected chi connectivity index (χ0v) is 15.6. The van der Waals surface area contributed by atoms with Crippen molar-refractivity contribution in [3.8, 4) is 17.2 Å². The molecule has 0 saturated heterocycles. The van der Waals surface area contributed by atoms with Gasteiger partial charge in [-0.1, -0.05) is 12.1 Å². The quantitative estimate of drug-likeness (QED) is 0.842. The Bertz CT molecular complexity index is 865. The van der Waals surface area contributed by atoms with E-state index in [1.807, 2.05) is 25.1 Å². The summed E-state index contributed by atoms with van der Waals surface area (Å²) >= 11 is 0. The Kier molecular flexibility index (Phi) is 5.49. The molecule has 1 N–H and O–H groups in total.